The van der Waals surface area contributed by atoms with Gasteiger partial charge in [-0.25, -0.2) is 9.18 Å². The number of carbonyl (C=O) groups excluding carboxylic acids is 1. The molecule has 1 unspecified atom stereocenters. The van der Waals surface area contributed by atoms with E-state index in [0.29, 0.717) is 34.8 Å². The first-order valence-electron chi connectivity index (χ1n) is 11.7. The summed E-state index contributed by atoms with van der Waals surface area (Å²) in [5.74, 6) is 0.692. The summed E-state index contributed by atoms with van der Waals surface area (Å²) < 4.78 is 24.0. The zero-order chi connectivity index (χ0) is 24.9. The van der Waals surface area contributed by atoms with E-state index >= 15 is 0 Å². The van der Waals surface area contributed by atoms with Crippen LogP contribution >= 0.6 is 0 Å². The molecule has 0 spiro atoms. The van der Waals surface area contributed by atoms with E-state index in [4.69, 9.17) is 9.47 Å². The Labute approximate surface area is 203 Å². The van der Waals surface area contributed by atoms with Crippen molar-refractivity contribution in [3.05, 3.63) is 64.2 Å². The van der Waals surface area contributed by atoms with Gasteiger partial charge >= 0.3 is 6.03 Å². The molecule has 9 heteroatoms. The lowest BCUT2D eigenvalue weighted by Crippen LogP contribution is -2.45. The van der Waals surface area contributed by atoms with Gasteiger partial charge < -0.3 is 24.7 Å². The van der Waals surface area contributed by atoms with Crippen molar-refractivity contribution in [1.82, 2.24) is 14.8 Å². The molecule has 1 aliphatic rings. The molecule has 2 amide bonds. The van der Waals surface area contributed by atoms with E-state index in [-0.39, 0.29) is 30.0 Å². The molecule has 1 aliphatic heterocycles. The highest BCUT2D eigenvalue weighted by Gasteiger charge is 2.28. The fourth-order valence-electron chi connectivity index (χ4n) is 4.63. The second-order valence-corrected chi connectivity index (χ2v) is 8.66. The number of urea groups is 1. The fraction of sp³-hybridized carbons (Fsp3) is 0.385. The van der Waals surface area contributed by atoms with Crippen molar-refractivity contribution in [2.24, 2.45) is 0 Å². The first kappa shape index (κ1) is 24.5. The smallest absolute Gasteiger partial charge is 0.322 e. The molecule has 0 aliphatic carbocycles. The SMILES string of the molecule is CCN1CCCC1CN(Cc1cc2cc(OC)c(OC)cc2[nH]c1=O)C(=O)Nc1ccc(F)cc1. The molecule has 1 atom stereocenters. The van der Waals surface area contributed by atoms with Crippen LogP contribution in [0.1, 0.15) is 25.3 Å². The number of anilines is 1. The molecule has 0 radical (unpaired) electrons. The van der Waals surface area contributed by atoms with Crippen LogP contribution in [0.2, 0.25) is 0 Å². The molecule has 2 heterocycles. The van der Waals surface area contributed by atoms with Crippen LogP contribution in [0.25, 0.3) is 10.9 Å². The number of ether oxygens (including phenoxy) is 2. The number of rotatable bonds is 8. The summed E-state index contributed by atoms with van der Waals surface area (Å²) in [6.07, 6.45) is 2.06. The average Bonchev–Trinajstić information content (AvgIpc) is 3.31. The van der Waals surface area contributed by atoms with E-state index in [1.807, 2.05) is 0 Å². The number of benzene rings is 2. The number of hydrogen-bond acceptors (Lipinski definition) is 5. The maximum Gasteiger partial charge on any atom is 0.322 e. The number of carbonyl (C=O) groups is 1. The van der Waals surface area contributed by atoms with Gasteiger partial charge in [0.1, 0.15) is 5.82 Å². The Morgan fingerprint density at radius 3 is 2.57 bits per heavy atom. The van der Waals surface area contributed by atoms with Gasteiger partial charge in [0, 0.05) is 35.3 Å². The quantitative estimate of drug-likeness (QED) is 0.503. The minimum Gasteiger partial charge on any atom is -0.493 e. The number of nitrogens with one attached hydrogen (secondary N) is 2. The molecule has 4 rings (SSSR count). The van der Waals surface area contributed by atoms with Crippen LogP contribution in [0.15, 0.2) is 47.3 Å². The Kier molecular flexibility index (Phi) is 7.55. The number of fused-ring (bicyclic) bond motifs is 1. The first-order valence-corrected chi connectivity index (χ1v) is 11.7. The highest BCUT2D eigenvalue weighted by Crippen LogP contribution is 2.31. The molecular formula is C26H31FN4O4. The van der Waals surface area contributed by atoms with E-state index in [1.54, 1.807) is 30.2 Å². The van der Waals surface area contributed by atoms with Crippen molar-refractivity contribution in [1.29, 1.82) is 0 Å². The second kappa shape index (κ2) is 10.8. The number of hydrogen-bond donors (Lipinski definition) is 2. The van der Waals surface area contributed by atoms with Crippen LogP contribution in [0.4, 0.5) is 14.9 Å². The third kappa shape index (κ3) is 5.57. The number of aromatic nitrogens is 1. The molecule has 1 aromatic heterocycles. The lowest BCUT2D eigenvalue weighted by Gasteiger charge is -2.30. The molecule has 2 N–H and O–H groups in total. The number of nitrogens with zero attached hydrogens (tertiary/aromatic N) is 2. The fourth-order valence-corrected chi connectivity index (χ4v) is 4.63. The standard InChI is InChI=1S/C26H31FN4O4/c1-4-30-11-5-6-21(30)16-31(26(33)28-20-9-7-19(27)8-10-20)15-18-12-17-13-23(34-2)24(35-3)14-22(17)29-25(18)32/h7-10,12-14,21H,4-6,11,15-16H2,1-3H3,(H,28,33)(H,29,32). The van der Waals surface area contributed by atoms with Crippen molar-refractivity contribution >= 4 is 22.6 Å². The third-order valence-electron chi connectivity index (χ3n) is 6.51. The molecule has 8 nitrogen and oxygen atoms in total. The molecular weight excluding hydrogens is 451 g/mol. The number of aromatic amines is 1. The van der Waals surface area contributed by atoms with E-state index in [9.17, 15) is 14.0 Å². The van der Waals surface area contributed by atoms with Crippen LogP contribution < -0.4 is 20.3 Å². The summed E-state index contributed by atoms with van der Waals surface area (Å²) in [6, 6.07) is 10.8. The van der Waals surface area contributed by atoms with E-state index in [0.717, 1.165) is 31.3 Å². The number of pyridine rings is 1. The first-order chi connectivity index (χ1) is 16.9. The van der Waals surface area contributed by atoms with Crippen molar-refractivity contribution in [2.45, 2.75) is 32.4 Å². The summed E-state index contributed by atoms with van der Waals surface area (Å²) in [6.45, 7) is 4.60. The van der Waals surface area contributed by atoms with Gasteiger partial charge in [-0.3, -0.25) is 9.69 Å². The molecule has 3 aromatic rings. The molecule has 2 aromatic carbocycles. The highest BCUT2D eigenvalue weighted by atomic mass is 19.1. The lowest BCUT2D eigenvalue weighted by molar-refractivity contribution is 0.174. The van der Waals surface area contributed by atoms with Crippen molar-refractivity contribution < 1.29 is 18.7 Å². The Morgan fingerprint density at radius 1 is 1.17 bits per heavy atom. The Hall–Kier alpha value is -3.59. The van der Waals surface area contributed by atoms with Crippen molar-refractivity contribution in [3.8, 4) is 11.5 Å². The Balaban J connectivity index is 1.64. The summed E-state index contributed by atoms with van der Waals surface area (Å²) in [5, 5.41) is 3.61. The highest BCUT2D eigenvalue weighted by molar-refractivity contribution is 5.89. The summed E-state index contributed by atoms with van der Waals surface area (Å²) in [7, 11) is 3.09. The van der Waals surface area contributed by atoms with Gasteiger partial charge in [-0.2, -0.15) is 0 Å². The zero-order valence-electron chi connectivity index (χ0n) is 20.3. The lowest BCUT2D eigenvalue weighted by atomic mass is 10.1. The van der Waals surface area contributed by atoms with Gasteiger partial charge in [0.2, 0.25) is 0 Å². The Morgan fingerprint density at radius 2 is 1.89 bits per heavy atom. The molecule has 35 heavy (non-hydrogen) atoms. The monoisotopic (exact) mass is 482 g/mol. The topological polar surface area (TPSA) is 86.9 Å². The largest absolute Gasteiger partial charge is 0.493 e. The van der Waals surface area contributed by atoms with Gasteiger partial charge in [0.25, 0.3) is 5.56 Å². The number of H-pyrrole nitrogens is 1. The predicted molar refractivity (Wildman–Crippen MR) is 134 cm³/mol. The number of likely N-dealkylation sites (N-methyl/N-ethyl adjacent to an activating group) is 1. The number of amides is 2. The van der Waals surface area contributed by atoms with Crippen LogP contribution in [0.3, 0.4) is 0 Å². The third-order valence-corrected chi connectivity index (χ3v) is 6.51. The summed E-state index contributed by atoms with van der Waals surface area (Å²) in [4.78, 5) is 33.2. The van der Waals surface area contributed by atoms with Crippen molar-refractivity contribution in [3.63, 3.8) is 0 Å². The summed E-state index contributed by atoms with van der Waals surface area (Å²) in [5.41, 5.74) is 1.29. The van der Waals surface area contributed by atoms with E-state index in [2.05, 4.69) is 22.1 Å². The molecule has 0 saturated carbocycles. The normalized spacial score (nSPS) is 15.8. The van der Waals surface area contributed by atoms with Crippen LogP contribution in [-0.4, -0.2) is 60.7 Å². The molecule has 1 fully saturated rings. The molecule has 0 bridgehead atoms. The zero-order valence-corrected chi connectivity index (χ0v) is 20.3. The number of methoxy groups -OCH3 is 2. The van der Waals surface area contributed by atoms with Gasteiger partial charge in [-0.05, 0) is 62.3 Å². The maximum atomic E-state index is 13.3. The van der Waals surface area contributed by atoms with Crippen LogP contribution in [-0.2, 0) is 6.54 Å². The van der Waals surface area contributed by atoms with Gasteiger partial charge in [-0.1, -0.05) is 6.92 Å². The van der Waals surface area contributed by atoms with Crippen molar-refractivity contribution in [2.75, 3.05) is 39.2 Å². The number of halogens is 1. The van der Waals surface area contributed by atoms with Gasteiger partial charge in [0.15, 0.2) is 11.5 Å². The summed E-state index contributed by atoms with van der Waals surface area (Å²) >= 11 is 0. The van der Waals surface area contributed by atoms with E-state index in [1.165, 1.54) is 31.4 Å². The van der Waals surface area contributed by atoms with E-state index < -0.39 is 0 Å². The minimum atomic E-state index is -0.376. The second-order valence-electron chi connectivity index (χ2n) is 8.66. The van der Waals surface area contributed by atoms with Gasteiger partial charge in [0.05, 0.1) is 26.3 Å². The Bertz CT molecular complexity index is 1240. The predicted octanol–water partition coefficient (Wildman–Crippen LogP) is 4.20. The maximum absolute atomic E-state index is 13.3. The average molecular weight is 483 g/mol. The molecule has 1 saturated heterocycles. The number of likely N-dealkylation sites (tertiary alicyclic amines) is 1. The molecule has 186 valence electrons. The van der Waals surface area contributed by atoms with Crippen LogP contribution in [0.5, 0.6) is 11.5 Å². The van der Waals surface area contributed by atoms with Gasteiger partial charge in [-0.15, -0.1) is 0 Å². The van der Waals surface area contributed by atoms with Crippen LogP contribution in [0, 0.1) is 5.82 Å². The minimum absolute atomic E-state index is 0.126.